The molecule has 1 saturated heterocycles. The van der Waals surface area contributed by atoms with Crippen LogP contribution in [-0.2, 0) is 15.6 Å². The molecule has 0 saturated carbocycles. The smallest absolute Gasteiger partial charge is 0.410 e. The molecule has 47 heavy (non-hydrogen) atoms. The average molecular weight is 662 g/mol. The molecule has 1 N–H and O–H groups in total. The summed E-state index contributed by atoms with van der Waals surface area (Å²) >= 11 is 0. The zero-order valence-electron chi connectivity index (χ0n) is 30.3. The predicted octanol–water partition coefficient (Wildman–Crippen LogP) is 8.41. The van der Waals surface area contributed by atoms with Crippen molar-refractivity contribution in [3.63, 3.8) is 0 Å². The first kappa shape index (κ1) is 36.3. The second kappa shape index (κ2) is 14.3. The van der Waals surface area contributed by atoms with Crippen molar-refractivity contribution in [1.29, 1.82) is 0 Å². The number of likely N-dealkylation sites (tertiary alicyclic amines) is 1. The number of benzene rings is 1. The molecule has 2 aromatic heterocycles. The maximum absolute atomic E-state index is 14.0. The molecule has 1 fully saturated rings. The molecule has 3 aromatic rings. The number of pyridine rings is 1. The molecule has 4 rings (SSSR count). The number of amides is 2. The van der Waals surface area contributed by atoms with Gasteiger partial charge in [0.15, 0.2) is 8.32 Å². The normalized spacial score (nSPS) is 18.6. The van der Waals surface area contributed by atoms with E-state index < -0.39 is 13.9 Å². The van der Waals surface area contributed by atoms with Gasteiger partial charge in [-0.3, -0.25) is 19.8 Å². The summed E-state index contributed by atoms with van der Waals surface area (Å²) in [6.45, 7) is 20.9. The minimum Gasteiger partial charge on any atom is -0.444 e. The van der Waals surface area contributed by atoms with Gasteiger partial charge in [0, 0.05) is 36.7 Å². The number of H-pyrrole nitrogens is 1. The van der Waals surface area contributed by atoms with Crippen molar-refractivity contribution >= 4 is 20.3 Å². The molecule has 2 unspecified atom stereocenters. The summed E-state index contributed by atoms with van der Waals surface area (Å²) in [6.07, 6.45) is 5.96. The molecule has 10 heteroatoms. The summed E-state index contributed by atoms with van der Waals surface area (Å²) in [5, 5.41) is 7.37. The van der Waals surface area contributed by atoms with Crippen LogP contribution in [0.25, 0.3) is 0 Å². The lowest BCUT2D eigenvalue weighted by atomic mass is 10.0. The molecule has 4 atom stereocenters. The van der Waals surface area contributed by atoms with Crippen molar-refractivity contribution < 1.29 is 18.8 Å². The van der Waals surface area contributed by atoms with Crippen LogP contribution in [0.15, 0.2) is 54.9 Å². The van der Waals surface area contributed by atoms with Crippen molar-refractivity contribution in [2.24, 2.45) is 0 Å². The summed E-state index contributed by atoms with van der Waals surface area (Å²) in [5.74, 6) is -0.0533. The predicted molar refractivity (Wildman–Crippen MR) is 189 cm³/mol. The second-order valence-electron chi connectivity index (χ2n) is 15.5. The van der Waals surface area contributed by atoms with Crippen LogP contribution in [0.3, 0.4) is 0 Å². The Kier molecular flexibility index (Phi) is 11.1. The van der Waals surface area contributed by atoms with E-state index >= 15 is 0 Å². The fourth-order valence-corrected chi connectivity index (χ4v) is 7.39. The number of hydrogen-bond acceptors (Lipinski definition) is 6. The number of nitrogens with one attached hydrogen (secondary N) is 1. The molecule has 0 bridgehead atoms. The first-order valence-electron chi connectivity index (χ1n) is 16.9. The highest BCUT2D eigenvalue weighted by Gasteiger charge is 2.47. The lowest BCUT2D eigenvalue weighted by Crippen LogP contribution is -2.50. The van der Waals surface area contributed by atoms with E-state index in [0.29, 0.717) is 12.0 Å². The van der Waals surface area contributed by atoms with E-state index in [0.717, 1.165) is 41.8 Å². The Balaban J connectivity index is 1.60. The molecule has 0 spiro atoms. The van der Waals surface area contributed by atoms with E-state index in [1.165, 1.54) is 0 Å². The van der Waals surface area contributed by atoms with Crippen LogP contribution in [0.5, 0.6) is 0 Å². The highest BCUT2D eigenvalue weighted by Crippen LogP contribution is 2.44. The lowest BCUT2D eigenvalue weighted by Gasteiger charge is -2.43. The van der Waals surface area contributed by atoms with E-state index in [2.05, 4.69) is 62.0 Å². The van der Waals surface area contributed by atoms with E-state index in [-0.39, 0.29) is 41.3 Å². The van der Waals surface area contributed by atoms with Gasteiger partial charge in [-0.15, -0.1) is 0 Å². The van der Waals surface area contributed by atoms with Gasteiger partial charge in [-0.25, -0.2) is 4.79 Å². The molecule has 1 aliphatic heterocycles. The minimum absolute atomic E-state index is 0.0102. The highest BCUT2D eigenvalue weighted by atomic mass is 28.4. The Bertz CT molecular complexity index is 1490. The van der Waals surface area contributed by atoms with Crippen LogP contribution in [0.1, 0.15) is 113 Å². The summed E-state index contributed by atoms with van der Waals surface area (Å²) in [4.78, 5) is 35.6. The number of aryl methyl sites for hydroxylation is 1. The molecule has 9 nitrogen and oxygen atoms in total. The van der Waals surface area contributed by atoms with Crippen LogP contribution in [0, 0.1) is 6.92 Å². The summed E-state index contributed by atoms with van der Waals surface area (Å²) in [5.41, 5.74) is 3.84. The van der Waals surface area contributed by atoms with E-state index in [1.807, 2.05) is 82.2 Å². The highest BCUT2D eigenvalue weighted by molar-refractivity contribution is 6.74. The Morgan fingerprint density at radius 3 is 2.30 bits per heavy atom. The molecular weight excluding hydrogens is 607 g/mol. The van der Waals surface area contributed by atoms with Crippen LogP contribution >= 0.6 is 0 Å². The third-order valence-corrected chi connectivity index (χ3v) is 14.1. The summed E-state index contributed by atoms with van der Waals surface area (Å²) in [7, 11) is -0.402. The van der Waals surface area contributed by atoms with Gasteiger partial charge >= 0.3 is 6.09 Å². The third kappa shape index (κ3) is 8.70. The number of carbonyl (C=O) groups excluding carboxylic acids is 2. The van der Waals surface area contributed by atoms with Gasteiger partial charge in [0.05, 0.1) is 23.9 Å². The molecule has 0 aliphatic carbocycles. The number of aromatic amines is 1. The molecule has 1 aliphatic rings. The number of ether oxygens (including phenoxy) is 1. The number of nitrogens with zero attached hydrogens (tertiary/aromatic N) is 4. The van der Waals surface area contributed by atoms with E-state index in [1.54, 1.807) is 11.1 Å². The molecule has 256 valence electrons. The largest absolute Gasteiger partial charge is 0.444 e. The first-order valence-corrected chi connectivity index (χ1v) is 19.8. The van der Waals surface area contributed by atoms with Crippen molar-refractivity contribution in [1.82, 2.24) is 25.0 Å². The van der Waals surface area contributed by atoms with Gasteiger partial charge in [0.1, 0.15) is 5.60 Å². The van der Waals surface area contributed by atoms with Gasteiger partial charge in [0.2, 0.25) is 0 Å². The first-order chi connectivity index (χ1) is 21.9. The van der Waals surface area contributed by atoms with Crippen molar-refractivity contribution in [2.75, 3.05) is 7.05 Å². The quantitative estimate of drug-likeness (QED) is 0.219. The van der Waals surface area contributed by atoms with Crippen molar-refractivity contribution in [3.8, 4) is 0 Å². The fraction of sp³-hybridized carbons (Fsp3) is 0.568. The Morgan fingerprint density at radius 2 is 1.77 bits per heavy atom. The number of aromatic nitrogens is 3. The lowest BCUT2D eigenvalue weighted by molar-refractivity contribution is -0.00244. The molecule has 1 aromatic carbocycles. The average Bonchev–Trinajstić information content (AvgIpc) is 3.61. The Morgan fingerprint density at radius 1 is 1.09 bits per heavy atom. The third-order valence-electron chi connectivity index (χ3n) is 9.65. The summed E-state index contributed by atoms with van der Waals surface area (Å²) < 4.78 is 13.1. The van der Waals surface area contributed by atoms with Crippen LogP contribution in [0.4, 0.5) is 4.79 Å². The van der Waals surface area contributed by atoms with Crippen LogP contribution in [0.2, 0.25) is 18.1 Å². The van der Waals surface area contributed by atoms with Crippen LogP contribution in [-0.4, -0.2) is 70.0 Å². The SMILES string of the molecule is CCC(c1cc(C)[nH]n1)N(C)C(=O)c1ccc(CC2CC[C@H]([C@H](O[Si](C)(C)C(C)(C)C)c3cccnc3)N2C(=O)OC(C)(C)C)cc1. The van der Waals surface area contributed by atoms with Gasteiger partial charge < -0.3 is 14.1 Å². The maximum Gasteiger partial charge on any atom is 0.410 e. The Labute approximate surface area is 282 Å². The van der Waals surface area contributed by atoms with E-state index in [4.69, 9.17) is 9.16 Å². The van der Waals surface area contributed by atoms with Gasteiger partial charge in [0.25, 0.3) is 5.91 Å². The molecular formula is C37H55N5O4Si. The van der Waals surface area contributed by atoms with Crippen molar-refractivity contribution in [3.05, 3.63) is 82.9 Å². The zero-order valence-corrected chi connectivity index (χ0v) is 31.3. The van der Waals surface area contributed by atoms with E-state index in [9.17, 15) is 9.59 Å². The fourth-order valence-electron chi connectivity index (χ4n) is 6.11. The number of rotatable bonds is 10. The van der Waals surface area contributed by atoms with Gasteiger partial charge in [-0.2, -0.15) is 5.10 Å². The maximum atomic E-state index is 14.0. The summed E-state index contributed by atoms with van der Waals surface area (Å²) in [6, 6.07) is 13.3. The van der Waals surface area contributed by atoms with Crippen molar-refractivity contribution in [2.45, 2.75) is 129 Å². The number of carbonyl (C=O) groups is 2. The molecule has 3 heterocycles. The second-order valence-corrected chi connectivity index (χ2v) is 20.2. The topological polar surface area (TPSA) is 101 Å². The minimum atomic E-state index is -2.23. The molecule has 0 radical (unpaired) electrons. The zero-order chi connectivity index (χ0) is 34.7. The number of hydrogen-bond donors (Lipinski definition) is 1. The van der Waals surface area contributed by atoms with Gasteiger partial charge in [-0.1, -0.05) is 45.9 Å². The monoisotopic (exact) mass is 661 g/mol. The standard InChI is InChI=1S/C37H55N5O4Si/c1-12-31(30-22-25(2)39-40-30)41(9)34(43)27-17-15-26(16-18-27)23-29-19-20-32(42(29)35(44)45-36(3,4)5)33(28-14-13-21-38-24-28)46-47(10,11)37(6,7)8/h13-18,21-22,24,29,31-33H,12,19-20,23H2,1-11H3,(H,39,40)/t29?,31?,32-,33-/m1/s1. The van der Waals surface area contributed by atoms with Gasteiger partial charge in [-0.05, 0) is 107 Å². The Hall–Kier alpha value is -3.50. The molecule has 2 amide bonds. The van der Waals surface area contributed by atoms with Crippen LogP contribution < -0.4 is 0 Å².